The van der Waals surface area contributed by atoms with Crippen LogP contribution >= 0.6 is 0 Å². The number of hydrogen-bond acceptors (Lipinski definition) is 2. The van der Waals surface area contributed by atoms with Crippen LogP contribution in [0.1, 0.15) is 45.4 Å². The van der Waals surface area contributed by atoms with Crippen molar-refractivity contribution in [2.24, 2.45) is 5.92 Å². The topological polar surface area (TPSA) is 15.3 Å². The van der Waals surface area contributed by atoms with Crippen LogP contribution in [0.25, 0.3) is 0 Å². The van der Waals surface area contributed by atoms with Crippen LogP contribution in [0.2, 0.25) is 0 Å². The van der Waals surface area contributed by atoms with Crippen LogP contribution < -0.4 is 5.32 Å². The predicted molar refractivity (Wildman–Crippen MR) is 65.1 cm³/mol. The van der Waals surface area contributed by atoms with E-state index in [9.17, 15) is 0 Å². The molecule has 0 bridgehead atoms. The van der Waals surface area contributed by atoms with Gasteiger partial charge in [0.2, 0.25) is 0 Å². The van der Waals surface area contributed by atoms with Crippen LogP contribution in [0.4, 0.5) is 0 Å². The van der Waals surface area contributed by atoms with Gasteiger partial charge < -0.3 is 10.2 Å². The molecule has 2 aliphatic rings. The largest absolute Gasteiger partial charge is 0.316 e. The van der Waals surface area contributed by atoms with E-state index in [-0.39, 0.29) is 0 Å². The zero-order valence-corrected chi connectivity index (χ0v) is 10.2. The SMILES string of the molecule is CC(CC1CCCNC1)N1CCCCC1. The van der Waals surface area contributed by atoms with Gasteiger partial charge in [-0.1, -0.05) is 6.42 Å². The van der Waals surface area contributed by atoms with Crippen molar-refractivity contribution >= 4 is 0 Å². The molecule has 88 valence electrons. The van der Waals surface area contributed by atoms with Crippen molar-refractivity contribution in [2.75, 3.05) is 26.2 Å². The lowest BCUT2D eigenvalue weighted by molar-refractivity contribution is 0.145. The van der Waals surface area contributed by atoms with Gasteiger partial charge in [-0.05, 0) is 71.1 Å². The summed E-state index contributed by atoms with van der Waals surface area (Å²) >= 11 is 0. The third-order valence-corrected chi connectivity index (χ3v) is 4.09. The van der Waals surface area contributed by atoms with Crippen molar-refractivity contribution in [2.45, 2.75) is 51.5 Å². The van der Waals surface area contributed by atoms with Crippen molar-refractivity contribution in [3.05, 3.63) is 0 Å². The number of hydrogen-bond donors (Lipinski definition) is 1. The van der Waals surface area contributed by atoms with Crippen molar-refractivity contribution in [1.29, 1.82) is 0 Å². The van der Waals surface area contributed by atoms with E-state index in [2.05, 4.69) is 17.1 Å². The number of piperidine rings is 2. The molecular weight excluding hydrogens is 184 g/mol. The van der Waals surface area contributed by atoms with E-state index in [1.54, 1.807) is 0 Å². The molecular formula is C13H26N2. The summed E-state index contributed by atoms with van der Waals surface area (Å²) in [5, 5.41) is 3.52. The van der Waals surface area contributed by atoms with Crippen LogP contribution in [0.3, 0.4) is 0 Å². The average Bonchev–Trinajstić information content (AvgIpc) is 2.31. The Morgan fingerprint density at radius 1 is 1.20 bits per heavy atom. The number of nitrogens with zero attached hydrogens (tertiary/aromatic N) is 1. The second kappa shape index (κ2) is 5.86. The van der Waals surface area contributed by atoms with E-state index in [4.69, 9.17) is 0 Å². The van der Waals surface area contributed by atoms with Gasteiger partial charge in [0.25, 0.3) is 0 Å². The zero-order valence-electron chi connectivity index (χ0n) is 10.2. The quantitative estimate of drug-likeness (QED) is 0.768. The molecule has 2 aliphatic heterocycles. The molecule has 2 fully saturated rings. The molecule has 2 unspecified atom stereocenters. The van der Waals surface area contributed by atoms with E-state index >= 15 is 0 Å². The molecule has 0 saturated carbocycles. The van der Waals surface area contributed by atoms with Crippen molar-refractivity contribution in [1.82, 2.24) is 10.2 Å². The number of likely N-dealkylation sites (tertiary alicyclic amines) is 1. The smallest absolute Gasteiger partial charge is 0.00700 e. The fourth-order valence-electron chi connectivity index (χ4n) is 3.12. The Labute approximate surface area is 94.4 Å². The van der Waals surface area contributed by atoms with Crippen LogP contribution in [0, 0.1) is 5.92 Å². The summed E-state index contributed by atoms with van der Waals surface area (Å²) in [5.41, 5.74) is 0. The first-order chi connectivity index (χ1) is 7.36. The third-order valence-electron chi connectivity index (χ3n) is 4.09. The first kappa shape index (κ1) is 11.4. The van der Waals surface area contributed by atoms with Crippen LogP contribution in [-0.4, -0.2) is 37.1 Å². The highest BCUT2D eigenvalue weighted by molar-refractivity contribution is 4.77. The minimum atomic E-state index is 0.815. The Hall–Kier alpha value is -0.0800. The van der Waals surface area contributed by atoms with Crippen molar-refractivity contribution in [3.8, 4) is 0 Å². The molecule has 1 N–H and O–H groups in total. The van der Waals surface area contributed by atoms with Gasteiger partial charge in [0.05, 0.1) is 0 Å². The third kappa shape index (κ3) is 3.46. The first-order valence-corrected chi connectivity index (χ1v) is 6.81. The minimum Gasteiger partial charge on any atom is -0.316 e. The highest BCUT2D eigenvalue weighted by Gasteiger charge is 2.21. The molecule has 2 saturated heterocycles. The number of nitrogens with one attached hydrogen (secondary N) is 1. The van der Waals surface area contributed by atoms with Gasteiger partial charge in [0.1, 0.15) is 0 Å². The van der Waals surface area contributed by atoms with Crippen LogP contribution in [-0.2, 0) is 0 Å². The molecule has 15 heavy (non-hydrogen) atoms. The second-order valence-electron chi connectivity index (χ2n) is 5.39. The highest BCUT2D eigenvalue weighted by atomic mass is 15.2. The van der Waals surface area contributed by atoms with Gasteiger partial charge in [0, 0.05) is 6.04 Å². The lowest BCUT2D eigenvalue weighted by atomic mass is 9.92. The van der Waals surface area contributed by atoms with E-state index in [1.165, 1.54) is 64.7 Å². The molecule has 0 spiro atoms. The van der Waals surface area contributed by atoms with Gasteiger partial charge in [-0.25, -0.2) is 0 Å². The average molecular weight is 210 g/mol. The lowest BCUT2D eigenvalue weighted by Crippen LogP contribution is -2.40. The molecule has 2 heterocycles. The molecule has 2 nitrogen and oxygen atoms in total. The lowest BCUT2D eigenvalue weighted by Gasteiger charge is -2.35. The molecule has 0 radical (unpaired) electrons. The molecule has 0 amide bonds. The second-order valence-corrected chi connectivity index (χ2v) is 5.39. The Morgan fingerprint density at radius 3 is 2.67 bits per heavy atom. The summed E-state index contributed by atoms with van der Waals surface area (Å²) in [7, 11) is 0. The molecule has 2 atom stereocenters. The van der Waals surface area contributed by atoms with Gasteiger partial charge in [-0.2, -0.15) is 0 Å². The Kier molecular flexibility index (Phi) is 4.45. The van der Waals surface area contributed by atoms with Crippen molar-refractivity contribution < 1.29 is 0 Å². The monoisotopic (exact) mass is 210 g/mol. The summed E-state index contributed by atoms with van der Waals surface area (Å²) in [4.78, 5) is 2.71. The maximum atomic E-state index is 3.52. The van der Waals surface area contributed by atoms with Gasteiger partial charge in [-0.15, -0.1) is 0 Å². The Morgan fingerprint density at radius 2 is 2.00 bits per heavy atom. The van der Waals surface area contributed by atoms with Crippen LogP contribution in [0.5, 0.6) is 0 Å². The molecule has 0 aromatic carbocycles. The standard InChI is InChI=1S/C13H26N2/c1-12(15-8-3-2-4-9-15)10-13-6-5-7-14-11-13/h12-14H,2-11H2,1H3. The summed E-state index contributed by atoms with van der Waals surface area (Å²) in [6.07, 6.45) is 8.55. The van der Waals surface area contributed by atoms with Crippen LogP contribution in [0.15, 0.2) is 0 Å². The highest BCUT2D eigenvalue weighted by Crippen LogP contribution is 2.21. The molecule has 2 heteroatoms. The fourth-order valence-corrected chi connectivity index (χ4v) is 3.12. The predicted octanol–water partition coefficient (Wildman–Crippen LogP) is 2.25. The van der Waals surface area contributed by atoms with E-state index in [1.807, 2.05) is 0 Å². The molecule has 2 rings (SSSR count). The first-order valence-electron chi connectivity index (χ1n) is 6.81. The van der Waals surface area contributed by atoms with Crippen molar-refractivity contribution in [3.63, 3.8) is 0 Å². The Balaban J connectivity index is 1.72. The molecule has 0 aliphatic carbocycles. The fraction of sp³-hybridized carbons (Fsp3) is 1.00. The normalized spacial score (nSPS) is 31.4. The summed E-state index contributed by atoms with van der Waals surface area (Å²) in [6.45, 7) is 7.63. The summed E-state index contributed by atoms with van der Waals surface area (Å²) < 4.78 is 0. The van der Waals surface area contributed by atoms with Gasteiger partial charge >= 0.3 is 0 Å². The molecule has 0 aromatic rings. The van der Waals surface area contributed by atoms with E-state index < -0.39 is 0 Å². The summed E-state index contributed by atoms with van der Waals surface area (Å²) in [5.74, 6) is 0.940. The Bertz CT molecular complexity index is 169. The minimum absolute atomic E-state index is 0.815. The van der Waals surface area contributed by atoms with E-state index in [0.29, 0.717) is 0 Å². The van der Waals surface area contributed by atoms with Gasteiger partial charge in [-0.3, -0.25) is 0 Å². The number of rotatable bonds is 3. The zero-order chi connectivity index (χ0) is 10.5. The maximum absolute atomic E-state index is 3.52. The summed E-state index contributed by atoms with van der Waals surface area (Å²) in [6, 6.07) is 0.815. The van der Waals surface area contributed by atoms with E-state index in [0.717, 1.165) is 12.0 Å². The molecule has 0 aromatic heterocycles. The van der Waals surface area contributed by atoms with Gasteiger partial charge in [0.15, 0.2) is 0 Å². The maximum Gasteiger partial charge on any atom is 0.00700 e.